The lowest BCUT2D eigenvalue weighted by Gasteiger charge is -2.40. The summed E-state index contributed by atoms with van der Waals surface area (Å²) >= 11 is 6.01. The van der Waals surface area contributed by atoms with Gasteiger partial charge in [-0.1, -0.05) is 36.6 Å². The highest BCUT2D eigenvalue weighted by Crippen LogP contribution is 2.36. The highest BCUT2D eigenvalue weighted by Gasteiger charge is 2.48. The van der Waals surface area contributed by atoms with Crippen LogP contribution in [0.2, 0.25) is 5.02 Å². The van der Waals surface area contributed by atoms with Crippen molar-refractivity contribution in [2.45, 2.75) is 56.5 Å². The molecule has 7 heteroatoms. The van der Waals surface area contributed by atoms with E-state index in [2.05, 4.69) is 27.7 Å². The second-order valence-corrected chi connectivity index (χ2v) is 9.18. The Bertz CT molecular complexity index is 799. The molecule has 2 fully saturated rings. The van der Waals surface area contributed by atoms with Gasteiger partial charge in [0.15, 0.2) is 0 Å². The molecular formula is C22H31ClN4O2. The van der Waals surface area contributed by atoms with E-state index in [9.17, 15) is 9.59 Å². The van der Waals surface area contributed by atoms with E-state index in [1.807, 2.05) is 0 Å². The standard InChI is InChI=1S/C22H31ClN4O2/c1-26-15-17(23)13-19(26)20(28)24-14-18(16-7-2-3-8-16)25-21(29)22-9-4-5-11-27(22)12-6-10-22/h4-5,13,15-16,18H,2-3,6-12,14H2,1H3,(H,24,28)(H,25,29). The highest BCUT2D eigenvalue weighted by molar-refractivity contribution is 6.31. The fraction of sp³-hybridized carbons (Fsp3) is 0.636. The summed E-state index contributed by atoms with van der Waals surface area (Å²) < 4.78 is 1.73. The van der Waals surface area contributed by atoms with Gasteiger partial charge in [-0.25, -0.2) is 0 Å². The van der Waals surface area contributed by atoms with E-state index in [0.29, 0.717) is 23.2 Å². The van der Waals surface area contributed by atoms with E-state index >= 15 is 0 Å². The number of fused-ring (bicyclic) bond motifs is 1. The quantitative estimate of drug-likeness (QED) is 0.698. The number of amides is 2. The second-order valence-electron chi connectivity index (χ2n) is 8.75. The van der Waals surface area contributed by atoms with Crippen LogP contribution in [0.15, 0.2) is 24.4 Å². The Kier molecular flexibility index (Phi) is 6.02. The SMILES string of the molecule is Cn1cc(Cl)cc1C(=O)NCC(NC(=O)C12CC=CCN1CCC2)C1CCCC1. The summed E-state index contributed by atoms with van der Waals surface area (Å²) in [7, 11) is 1.81. The Morgan fingerprint density at radius 2 is 2.07 bits per heavy atom. The van der Waals surface area contributed by atoms with Crippen molar-refractivity contribution < 1.29 is 9.59 Å². The van der Waals surface area contributed by atoms with Gasteiger partial charge >= 0.3 is 0 Å². The summed E-state index contributed by atoms with van der Waals surface area (Å²) in [5, 5.41) is 6.94. The number of hydrogen-bond donors (Lipinski definition) is 2. The average molecular weight is 419 g/mol. The lowest BCUT2D eigenvalue weighted by Crippen LogP contribution is -2.60. The van der Waals surface area contributed by atoms with Crippen LogP contribution in [0, 0.1) is 5.92 Å². The number of carbonyl (C=O) groups excluding carboxylic acids is 2. The van der Waals surface area contributed by atoms with Gasteiger partial charge in [0, 0.05) is 32.4 Å². The van der Waals surface area contributed by atoms with Crippen LogP contribution in [0.25, 0.3) is 0 Å². The minimum atomic E-state index is -0.402. The van der Waals surface area contributed by atoms with E-state index in [1.54, 1.807) is 23.9 Å². The Morgan fingerprint density at radius 1 is 1.28 bits per heavy atom. The van der Waals surface area contributed by atoms with E-state index in [-0.39, 0.29) is 17.9 Å². The van der Waals surface area contributed by atoms with Gasteiger partial charge < -0.3 is 15.2 Å². The molecule has 158 valence electrons. The lowest BCUT2D eigenvalue weighted by atomic mass is 9.87. The summed E-state index contributed by atoms with van der Waals surface area (Å²) in [5.74, 6) is 0.395. The van der Waals surface area contributed by atoms with Crippen LogP contribution in [0.4, 0.5) is 0 Å². The van der Waals surface area contributed by atoms with Crippen LogP contribution in [0.1, 0.15) is 55.4 Å². The normalized spacial score (nSPS) is 25.7. The summed E-state index contributed by atoms with van der Waals surface area (Å²) in [6.45, 7) is 2.29. The molecule has 0 aromatic carbocycles. The minimum absolute atomic E-state index is 0.0348. The van der Waals surface area contributed by atoms with Gasteiger partial charge in [-0.2, -0.15) is 0 Å². The molecule has 2 amide bonds. The number of nitrogens with one attached hydrogen (secondary N) is 2. The smallest absolute Gasteiger partial charge is 0.268 e. The Hall–Kier alpha value is -1.79. The van der Waals surface area contributed by atoms with Crippen LogP contribution in [0.3, 0.4) is 0 Å². The number of halogens is 1. The zero-order valence-electron chi connectivity index (χ0n) is 17.1. The molecule has 2 aliphatic heterocycles. The van der Waals surface area contributed by atoms with Gasteiger partial charge in [0.25, 0.3) is 5.91 Å². The Balaban J connectivity index is 1.44. The minimum Gasteiger partial charge on any atom is -0.350 e. The molecule has 2 N–H and O–H groups in total. The molecule has 0 radical (unpaired) electrons. The molecule has 2 unspecified atom stereocenters. The molecular weight excluding hydrogens is 388 g/mol. The maximum absolute atomic E-state index is 13.4. The number of nitrogens with zero attached hydrogens (tertiary/aromatic N) is 2. The molecule has 3 heterocycles. The van der Waals surface area contributed by atoms with Crippen molar-refractivity contribution in [1.29, 1.82) is 0 Å². The molecule has 1 aromatic heterocycles. The third kappa shape index (κ3) is 4.10. The molecule has 3 aliphatic rings. The number of rotatable bonds is 6. The Morgan fingerprint density at radius 3 is 2.79 bits per heavy atom. The number of hydrogen-bond acceptors (Lipinski definition) is 3. The predicted octanol–water partition coefficient (Wildman–Crippen LogP) is 2.88. The van der Waals surface area contributed by atoms with Crippen LogP contribution >= 0.6 is 11.6 Å². The fourth-order valence-corrected chi connectivity index (χ4v) is 5.55. The van der Waals surface area contributed by atoms with E-state index in [4.69, 9.17) is 11.6 Å². The molecule has 0 bridgehead atoms. The van der Waals surface area contributed by atoms with Crippen LogP contribution in [-0.2, 0) is 11.8 Å². The maximum atomic E-state index is 13.4. The first kappa shape index (κ1) is 20.5. The monoisotopic (exact) mass is 418 g/mol. The summed E-state index contributed by atoms with van der Waals surface area (Å²) in [4.78, 5) is 28.4. The first-order valence-corrected chi connectivity index (χ1v) is 11.2. The van der Waals surface area contributed by atoms with Crippen molar-refractivity contribution in [1.82, 2.24) is 20.1 Å². The first-order valence-electron chi connectivity index (χ1n) is 10.8. The molecule has 4 rings (SSSR count). The molecule has 1 saturated heterocycles. The molecule has 2 atom stereocenters. The van der Waals surface area contributed by atoms with Crippen molar-refractivity contribution >= 4 is 23.4 Å². The molecule has 1 aromatic rings. The molecule has 6 nitrogen and oxygen atoms in total. The third-order valence-corrected chi connectivity index (χ3v) is 7.17. The van der Waals surface area contributed by atoms with Crippen LogP contribution in [-0.4, -0.2) is 52.5 Å². The van der Waals surface area contributed by atoms with E-state index in [1.165, 1.54) is 12.8 Å². The van der Waals surface area contributed by atoms with E-state index in [0.717, 1.165) is 45.2 Å². The summed E-state index contributed by atoms with van der Waals surface area (Å²) in [5.41, 5.74) is 0.130. The van der Waals surface area contributed by atoms with Crippen molar-refractivity contribution in [3.05, 3.63) is 35.1 Å². The lowest BCUT2D eigenvalue weighted by molar-refractivity contribution is -0.133. The van der Waals surface area contributed by atoms with Gasteiger partial charge in [-0.15, -0.1) is 0 Å². The van der Waals surface area contributed by atoms with Crippen LogP contribution < -0.4 is 10.6 Å². The van der Waals surface area contributed by atoms with Crippen molar-refractivity contribution in [2.75, 3.05) is 19.6 Å². The number of aromatic nitrogens is 1. The zero-order valence-corrected chi connectivity index (χ0v) is 17.9. The van der Waals surface area contributed by atoms with Gasteiger partial charge in [-0.3, -0.25) is 14.5 Å². The largest absolute Gasteiger partial charge is 0.350 e. The molecule has 1 saturated carbocycles. The first-order chi connectivity index (χ1) is 14.0. The topological polar surface area (TPSA) is 66.4 Å². The summed E-state index contributed by atoms with van der Waals surface area (Å²) in [6.07, 6.45) is 13.4. The highest BCUT2D eigenvalue weighted by atomic mass is 35.5. The maximum Gasteiger partial charge on any atom is 0.268 e. The van der Waals surface area contributed by atoms with Crippen molar-refractivity contribution in [3.8, 4) is 0 Å². The average Bonchev–Trinajstić information content (AvgIpc) is 3.44. The molecule has 1 aliphatic carbocycles. The van der Waals surface area contributed by atoms with Gasteiger partial charge in [-0.05, 0) is 50.6 Å². The molecule has 0 spiro atoms. The van der Waals surface area contributed by atoms with Crippen molar-refractivity contribution in [3.63, 3.8) is 0 Å². The second kappa shape index (κ2) is 8.52. The van der Waals surface area contributed by atoms with E-state index < -0.39 is 5.54 Å². The van der Waals surface area contributed by atoms with Gasteiger partial charge in [0.1, 0.15) is 11.2 Å². The van der Waals surface area contributed by atoms with Gasteiger partial charge in [0.2, 0.25) is 5.91 Å². The zero-order chi connectivity index (χ0) is 20.4. The fourth-order valence-electron chi connectivity index (χ4n) is 5.30. The summed E-state index contributed by atoms with van der Waals surface area (Å²) in [6, 6.07) is 1.64. The predicted molar refractivity (Wildman–Crippen MR) is 114 cm³/mol. The van der Waals surface area contributed by atoms with Crippen molar-refractivity contribution in [2.24, 2.45) is 13.0 Å². The third-order valence-electron chi connectivity index (χ3n) is 6.97. The van der Waals surface area contributed by atoms with Gasteiger partial charge in [0.05, 0.1) is 5.02 Å². The molecule has 29 heavy (non-hydrogen) atoms. The number of carbonyl (C=O) groups is 2. The van der Waals surface area contributed by atoms with Crippen LogP contribution in [0.5, 0.6) is 0 Å². The number of aryl methyl sites for hydroxylation is 1. The Labute approximate surface area is 177 Å².